The van der Waals surface area contributed by atoms with Crippen LogP contribution in [-0.2, 0) is 4.74 Å². The molecule has 0 bridgehead atoms. The summed E-state index contributed by atoms with van der Waals surface area (Å²) in [5.41, 5.74) is 0.378. The molecule has 0 saturated heterocycles. The summed E-state index contributed by atoms with van der Waals surface area (Å²) in [6, 6.07) is 16.9. The minimum Gasteiger partial charge on any atom is -0.462 e. The van der Waals surface area contributed by atoms with Crippen LogP contribution in [0.1, 0.15) is 34.6 Å². The van der Waals surface area contributed by atoms with Crippen molar-refractivity contribution in [2.75, 3.05) is 18.1 Å². The Bertz CT molecular complexity index is 1090. The van der Waals surface area contributed by atoms with Crippen LogP contribution >= 0.6 is 0 Å². The molecule has 0 heterocycles. The molecule has 7 heteroatoms. The highest BCUT2D eigenvalue weighted by atomic mass is 16.6. The Morgan fingerprint density at radius 1 is 1.00 bits per heavy atom. The van der Waals surface area contributed by atoms with Gasteiger partial charge in [0.05, 0.1) is 22.8 Å². The van der Waals surface area contributed by atoms with Gasteiger partial charge in [-0.05, 0) is 31.4 Å². The standard InChI is InChI=1S/C22H20N2O5/c1-3-23(20-11-7-9-15-8-5-6-10-19(15)20)21(25)16-12-17(22(26)29-4-2)14-18(13-16)24(27)28/h5-14H,3-4H2,1-2H3. The van der Waals surface area contributed by atoms with Gasteiger partial charge in [-0.15, -0.1) is 0 Å². The molecule has 3 rings (SSSR count). The SMILES string of the molecule is CCOC(=O)c1cc(C(=O)N(CC)c2cccc3ccccc23)cc([N+](=O)[O-])c1. The van der Waals surface area contributed by atoms with Crippen molar-refractivity contribution in [1.29, 1.82) is 0 Å². The summed E-state index contributed by atoms with van der Waals surface area (Å²) in [5.74, 6) is -1.14. The fourth-order valence-electron chi connectivity index (χ4n) is 3.20. The van der Waals surface area contributed by atoms with Gasteiger partial charge in [-0.3, -0.25) is 14.9 Å². The first-order chi connectivity index (χ1) is 14.0. The van der Waals surface area contributed by atoms with E-state index < -0.39 is 16.8 Å². The van der Waals surface area contributed by atoms with Crippen LogP contribution in [0.2, 0.25) is 0 Å². The van der Waals surface area contributed by atoms with Gasteiger partial charge >= 0.3 is 5.97 Å². The molecule has 0 aliphatic heterocycles. The van der Waals surface area contributed by atoms with Gasteiger partial charge in [0, 0.05) is 29.6 Å². The summed E-state index contributed by atoms with van der Waals surface area (Å²) >= 11 is 0. The number of benzene rings is 3. The van der Waals surface area contributed by atoms with Gasteiger partial charge in [-0.1, -0.05) is 36.4 Å². The summed E-state index contributed by atoms with van der Waals surface area (Å²) < 4.78 is 4.94. The van der Waals surface area contributed by atoms with Crippen LogP contribution in [0.5, 0.6) is 0 Å². The lowest BCUT2D eigenvalue weighted by molar-refractivity contribution is -0.384. The molecule has 0 N–H and O–H groups in total. The number of amides is 1. The average Bonchev–Trinajstić information content (AvgIpc) is 2.74. The van der Waals surface area contributed by atoms with E-state index in [1.807, 2.05) is 49.4 Å². The van der Waals surface area contributed by atoms with Crippen LogP contribution in [0, 0.1) is 10.1 Å². The molecule has 0 unspecified atom stereocenters. The molecule has 7 nitrogen and oxygen atoms in total. The highest BCUT2D eigenvalue weighted by Gasteiger charge is 2.23. The molecule has 148 valence electrons. The van der Waals surface area contributed by atoms with Gasteiger partial charge in [0.2, 0.25) is 0 Å². The molecular formula is C22H20N2O5. The fourth-order valence-corrected chi connectivity index (χ4v) is 3.20. The molecule has 3 aromatic carbocycles. The first-order valence-electron chi connectivity index (χ1n) is 9.22. The van der Waals surface area contributed by atoms with Crippen molar-refractivity contribution in [3.63, 3.8) is 0 Å². The van der Waals surface area contributed by atoms with Gasteiger partial charge in [0.15, 0.2) is 0 Å². The molecule has 0 saturated carbocycles. The average molecular weight is 392 g/mol. The highest BCUT2D eigenvalue weighted by Crippen LogP contribution is 2.29. The number of nitro groups is 1. The van der Waals surface area contributed by atoms with E-state index in [4.69, 9.17) is 4.74 Å². The second-order valence-corrected chi connectivity index (χ2v) is 6.29. The predicted octanol–water partition coefficient (Wildman–Crippen LogP) is 4.59. The number of hydrogen-bond donors (Lipinski definition) is 0. The first kappa shape index (κ1) is 20.0. The minimum absolute atomic E-state index is 0.0293. The van der Waals surface area contributed by atoms with E-state index in [0.29, 0.717) is 12.2 Å². The number of fused-ring (bicyclic) bond motifs is 1. The minimum atomic E-state index is -0.710. The second kappa shape index (κ2) is 8.52. The Morgan fingerprint density at radius 3 is 2.38 bits per heavy atom. The molecule has 0 spiro atoms. The first-order valence-corrected chi connectivity index (χ1v) is 9.22. The molecule has 0 atom stereocenters. The summed E-state index contributed by atoms with van der Waals surface area (Å²) in [5, 5.41) is 13.2. The number of ether oxygens (including phenoxy) is 1. The summed E-state index contributed by atoms with van der Waals surface area (Å²) in [7, 11) is 0. The van der Waals surface area contributed by atoms with Crippen molar-refractivity contribution in [2.45, 2.75) is 13.8 Å². The number of non-ortho nitro benzene ring substituents is 1. The Morgan fingerprint density at radius 2 is 1.69 bits per heavy atom. The second-order valence-electron chi connectivity index (χ2n) is 6.29. The Labute approximate surface area is 167 Å². The lowest BCUT2D eigenvalue weighted by atomic mass is 10.1. The lowest BCUT2D eigenvalue weighted by Crippen LogP contribution is -2.31. The van der Waals surface area contributed by atoms with Crippen LogP contribution < -0.4 is 4.90 Å². The van der Waals surface area contributed by atoms with Crippen molar-refractivity contribution < 1.29 is 19.2 Å². The molecule has 3 aromatic rings. The molecule has 1 amide bonds. The summed E-state index contributed by atoms with van der Waals surface area (Å²) in [6.07, 6.45) is 0. The van der Waals surface area contributed by atoms with E-state index in [2.05, 4.69) is 0 Å². The maximum Gasteiger partial charge on any atom is 0.338 e. The van der Waals surface area contributed by atoms with Gasteiger partial charge in [0.1, 0.15) is 0 Å². The summed E-state index contributed by atoms with van der Waals surface area (Å²) in [4.78, 5) is 37.6. The van der Waals surface area contributed by atoms with Crippen molar-refractivity contribution in [1.82, 2.24) is 0 Å². The van der Waals surface area contributed by atoms with E-state index in [-0.39, 0.29) is 23.4 Å². The maximum atomic E-state index is 13.3. The quantitative estimate of drug-likeness (QED) is 0.348. The van der Waals surface area contributed by atoms with Crippen molar-refractivity contribution in [3.8, 4) is 0 Å². The number of esters is 1. The van der Waals surface area contributed by atoms with Crippen LogP contribution in [0.25, 0.3) is 10.8 Å². The van der Waals surface area contributed by atoms with Gasteiger partial charge in [-0.2, -0.15) is 0 Å². The van der Waals surface area contributed by atoms with E-state index >= 15 is 0 Å². The normalized spacial score (nSPS) is 10.6. The number of anilines is 1. The van der Waals surface area contributed by atoms with E-state index in [9.17, 15) is 19.7 Å². The number of nitro benzene ring substituents is 1. The number of carbonyl (C=O) groups excluding carboxylic acids is 2. The van der Waals surface area contributed by atoms with Gasteiger partial charge in [-0.25, -0.2) is 4.79 Å². The molecule has 0 fully saturated rings. The zero-order valence-electron chi connectivity index (χ0n) is 16.1. The van der Waals surface area contributed by atoms with Crippen LogP contribution in [0.3, 0.4) is 0 Å². The van der Waals surface area contributed by atoms with E-state index in [1.54, 1.807) is 6.92 Å². The maximum absolute atomic E-state index is 13.3. The van der Waals surface area contributed by atoms with E-state index in [1.165, 1.54) is 17.0 Å². The van der Waals surface area contributed by atoms with Crippen molar-refractivity contribution >= 4 is 34.0 Å². The smallest absolute Gasteiger partial charge is 0.338 e. The molecular weight excluding hydrogens is 372 g/mol. The van der Waals surface area contributed by atoms with Crippen LogP contribution in [0.4, 0.5) is 11.4 Å². The highest BCUT2D eigenvalue weighted by molar-refractivity contribution is 6.11. The number of carbonyl (C=O) groups is 2. The molecule has 0 aliphatic carbocycles. The van der Waals surface area contributed by atoms with Crippen molar-refractivity contribution in [2.24, 2.45) is 0 Å². The van der Waals surface area contributed by atoms with Crippen molar-refractivity contribution in [3.05, 3.63) is 81.9 Å². The number of rotatable bonds is 6. The van der Waals surface area contributed by atoms with Gasteiger partial charge in [0.25, 0.3) is 11.6 Å². The topological polar surface area (TPSA) is 89.8 Å². The van der Waals surface area contributed by atoms with Crippen LogP contribution in [-0.4, -0.2) is 30.0 Å². The largest absolute Gasteiger partial charge is 0.462 e. The number of nitrogens with zero attached hydrogens (tertiary/aromatic N) is 2. The fraction of sp³-hybridized carbons (Fsp3) is 0.182. The Hall–Kier alpha value is -3.74. The molecule has 29 heavy (non-hydrogen) atoms. The third kappa shape index (κ3) is 4.08. The Kier molecular flexibility index (Phi) is 5.87. The third-order valence-corrected chi connectivity index (χ3v) is 4.51. The predicted molar refractivity (Wildman–Crippen MR) is 110 cm³/mol. The van der Waals surface area contributed by atoms with Crippen LogP contribution in [0.15, 0.2) is 60.7 Å². The number of hydrogen-bond acceptors (Lipinski definition) is 5. The van der Waals surface area contributed by atoms with Gasteiger partial charge < -0.3 is 9.64 Å². The monoisotopic (exact) mass is 392 g/mol. The molecule has 0 aromatic heterocycles. The molecule has 0 aliphatic rings. The zero-order chi connectivity index (χ0) is 21.0. The zero-order valence-corrected chi connectivity index (χ0v) is 16.1. The third-order valence-electron chi connectivity index (χ3n) is 4.51. The Balaban J connectivity index is 2.09. The lowest BCUT2D eigenvalue weighted by Gasteiger charge is -2.23. The van der Waals surface area contributed by atoms with E-state index in [0.717, 1.165) is 16.8 Å². The molecule has 0 radical (unpaired) electrons. The summed E-state index contributed by atoms with van der Waals surface area (Å²) in [6.45, 7) is 3.94.